The van der Waals surface area contributed by atoms with Crippen LogP contribution in [0.15, 0.2) is 53.1 Å². The molecular weight excluding hydrogens is 214 g/mol. The van der Waals surface area contributed by atoms with Gasteiger partial charge in [-0.2, -0.15) is 0 Å². The first-order valence-electron chi connectivity index (χ1n) is 5.76. The molecule has 0 saturated heterocycles. The molecule has 90 valence electrons. The van der Waals surface area contributed by atoms with Gasteiger partial charge in [0, 0.05) is 6.04 Å². The maximum absolute atomic E-state index is 9.37. The second-order valence-corrected chi connectivity index (χ2v) is 4.05. The lowest BCUT2D eigenvalue weighted by Crippen LogP contribution is -2.26. The van der Waals surface area contributed by atoms with Crippen molar-refractivity contribution in [3.05, 3.63) is 60.1 Å². The maximum atomic E-state index is 9.37. The first-order valence-corrected chi connectivity index (χ1v) is 5.76. The number of aliphatic hydroxyl groups is 1. The van der Waals surface area contributed by atoms with E-state index < -0.39 is 0 Å². The number of aliphatic hydroxyl groups excluding tert-OH is 1. The van der Waals surface area contributed by atoms with Gasteiger partial charge >= 0.3 is 0 Å². The molecule has 0 aliphatic rings. The number of hydrogen-bond donors (Lipinski definition) is 2. The van der Waals surface area contributed by atoms with Gasteiger partial charge in [0.05, 0.1) is 18.9 Å². The van der Waals surface area contributed by atoms with E-state index >= 15 is 0 Å². The number of benzene rings is 1. The Balaban J connectivity index is 2.05. The Bertz CT molecular complexity index is 425. The predicted octanol–water partition coefficient (Wildman–Crippen LogP) is 2.66. The van der Waals surface area contributed by atoms with Crippen LogP contribution in [0.3, 0.4) is 0 Å². The zero-order valence-corrected chi connectivity index (χ0v) is 9.84. The Kier molecular flexibility index (Phi) is 3.96. The van der Waals surface area contributed by atoms with Gasteiger partial charge < -0.3 is 9.52 Å². The molecule has 0 spiro atoms. The van der Waals surface area contributed by atoms with Crippen LogP contribution >= 0.6 is 0 Å². The van der Waals surface area contributed by atoms with Crippen molar-refractivity contribution in [2.75, 3.05) is 6.61 Å². The van der Waals surface area contributed by atoms with E-state index in [1.807, 2.05) is 30.3 Å². The molecule has 2 N–H and O–H groups in total. The van der Waals surface area contributed by atoms with Gasteiger partial charge in [-0.1, -0.05) is 30.3 Å². The number of furan rings is 1. The van der Waals surface area contributed by atoms with Crippen LogP contribution in [0.5, 0.6) is 0 Å². The number of hydrogen-bond acceptors (Lipinski definition) is 3. The molecule has 3 heteroatoms. The smallest absolute Gasteiger partial charge is 0.123 e. The normalized spacial score (nSPS) is 14.5. The van der Waals surface area contributed by atoms with Crippen LogP contribution in [-0.2, 0) is 0 Å². The fourth-order valence-electron chi connectivity index (χ4n) is 1.85. The molecule has 0 fully saturated rings. The van der Waals surface area contributed by atoms with E-state index in [2.05, 4.69) is 24.4 Å². The van der Waals surface area contributed by atoms with Crippen LogP contribution in [-0.4, -0.2) is 11.7 Å². The Morgan fingerprint density at radius 2 is 1.94 bits per heavy atom. The zero-order valence-electron chi connectivity index (χ0n) is 9.84. The van der Waals surface area contributed by atoms with Crippen molar-refractivity contribution in [2.24, 2.45) is 0 Å². The summed E-state index contributed by atoms with van der Waals surface area (Å²) >= 11 is 0. The quantitative estimate of drug-likeness (QED) is 0.831. The molecule has 1 unspecified atom stereocenters. The lowest BCUT2D eigenvalue weighted by atomic mass is 10.1. The molecule has 2 rings (SSSR count). The van der Waals surface area contributed by atoms with Crippen molar-refractivity contribution in [3.63, 3.8) is 0 Å². The third-order valence-electron chi connectivity index (χ3n) is 2.82. The minimum Gasteiger partial charge on any atom is -0.468 e. The summed E-state index contributed by atoms with van der Waals surface area (Å²) < 4.78 is 5.30. The summed E-state index contributed by atoms with van der Waals surface area (Å²) in [6.45, 7) is 2.09. The van der Waals surface area contributed by atoms with Gasteiger partial charge in [0.15, 0.2) is 0 Å². The van der Waals surface area contributed by atoms with E-state index in [-0.39, 0.29) is 18.7 Å². The predicted molar refractivity (Wildman–Crippen MR) is 66.5 cm³/mol. The highest BCUT2D eigenvalue weighted by molar-refractivity contribution is 5.19. The lowest BCUT2D eigenvalue weighted by molar-refractivity contribution is 0.217. The molecule has 0 bridgehead atoms. The second-order valence-electron chi connectivity index (χ2n) is 4.05. The van der Waals surface area contributed by atoms with Gasteiger partial charge in [0.2, 0.25) is 0 Å². The van der Waals surface area contributed by atoms with Crippen LogP contribution in [0.1, 0.15) is 30.3 Å². The van der Waals surface area contributed by atoms with Crippen molar-refractivity contribution < 1.29 is 9.52 Å². The minimum absolute atomic E-state index is 0.0185. The molecule has 3 nitrogen and oxygen atoms in total. The summed E-state index contributed by atoms with van der Waals surface area (Å²) in [7, 11) is 0. The molecule has 1 aromatic carbocycles. The van der Waals surface area contributed by atoms with E-state index in [0.717, 1.165) is 5.76 Å². The van der Waals surface area contributed by atoms with Crippen molar-refractivity contribution in [1.29, 1.82) is 0 Å². The minimum atomic E-state index is -0.166. The average Bonchev–Trinajstić information content (AvgIpc) is 2.90. The van der Waals surface area contributed by atoms with E-state index in [1.54, 1.807) is 6.26 Å². The molecule has 0 aliphatic carbocycles. The Hall–Kier alpha value is -1.58. The Labute approximate surface area is 101 Å². The molecule has 1 aromatic heterocycles. The number of rotatable bonds is 5. The van der Waals surface area contributed by atoms with Crippen LogP contribution < -0.4 is 5.32 Å². The van der Waals surface area contributed by atoms with E-state index in [0.29, 0.717) is 0 Å². The third-order valence-corrected chi connectivity index (χ3v) is 2.82. The molecule has 0 amide bonds. The van der Waals surface area contributed by atoms with E-state index in [1.165, 1.54) is 5.56 Å². The van der Waals surface area contributed by atoms with Crippen molar-refractivity contribution in [3.8, 4) is 0 Å². The highest BCUT2D eigenvalue weighted by Gasteiger charge is 2.16. The monoisotopic (exact) mass is 231 g/mol. The SMILES string of the molecule is C[C@@H](NC(CO)c1ccco1)c1ccccc1. The van der Waals surface area contributed by atoms with E-state index in [9.17, 15) is 5.11 Å². The molecule has 0 aliphatic heterocycles. The highest BCUT2D eigenvalue weighted by Crippen LogP contribution is 2.19. The van der Waals surface area contributed by atoms with Crippen molar-refractivity contribution in [1.82, 2.24) is 5.32 Å². The summed E-state index contributed by atoms with van der Waals surface area (Å²) in [5.74, 6) is 0.760. The van der Waals surface area contributed by atoms with Gasteiger partial charge in [-0.25, -0.2) is 0 Å². The molecule has 0 saturated carbocycles. The standard InChI is InChI=1S/C14H17NO2/c1-11(12-6-3-2-4-7-12)15-13(10-16)14-8-5-9-17-14/h2-9,11,13,15-16H,10H2,1H3/t11-,13?/m1/s1. The first kappa shape index (κ1) is 11.9. The first-order chi connectivity index (χ1) is 8.31. The topological polar surface area (TPSA) is 45.4 Å². The Morgan fingerprint density at radius 1 is 1.18 bits per heavy atom. The average molecular weight is 231 g/mol. The van der Waals surface area contributed by atoms with Gasteiger partial charge in [-0.3, -0.25) is 5.32 Å². The second kappa shape index (κ2) is 5.66. The lowest BCUT2D eigenvalue weighted by Gasteiger charge is -2.20. The van der Waals surface area contributed by atoms with Gasteiger partial charge in [-0.15, -0.1) is 0 Å². The van der Waals surface area contributed by atoms with Crippen molar-refractivity contribution >= 4 is 0 Å². The molecule has 1 heterocycles. The molecular formula is C14H17NO2. The van der Waals surface area contributed by atoms with Crippen molar-refractivity contribution in [2.45, 2.75) is 19.0 Å². The summed E-state index contributed by atoms with van der Waals surface area (Å²) in [6, 6.07) is 13.8. The van der Waals surface area contributed by atoms with Crippen LogP contribution in [0.4, 0.5) is 0 Å². The van der Waals surface area contributed by atoms with E-state index in [4.69, 9.17) is 4.42 Å². The highest BCUT2D eigenvalue weighted by atomic mass is 16.3. The zero-order chi connectivity index (χ0) is 12.1. The summed E-state index contributed by atoms with van der Waals surface area (Å²) in [4.78, 5) is 0. The molecule has 17 heavy (non-hydrogen) atoms. The maximum Gasteiger partial charge on any atom is 0.123 e. The third kappa shape index (κ3) is 2.96. The largest absolute Gasteiger partial charge is 0.468 e. The van der Waals surface area contributed by atoms with Crippen LogP contribution in [0.25, 0.3) is 0 Å². The fourth-order valence-corrected chi connectivity index (χ4v) is 1.85. The molecule has 2 atom stereocenters. The summed E-state index contributed by atoms with van der Waals surface area (Å²) in [6.07, 6.45) is 1.62. The number of nitrogens with one attached hydrogen (secondary N) is 1. The molecule has 2 aromatic rings. The van der Waals surface area contributed by atoms with Gasteiger partial charge in [-0.05, 0) is 24.6 Å². The van der Waals surface area contributed by atoms with Gasteiger partial charge in [0.1, 0.15) is 5.76 Å². The summed E-state index contributed by atoms with van der Waals surface area (Å²) in [5.41, 5.74) is 1.19. The van der Waals surface area contributed by atoms with Crippen LogP contribution in [0.2, 0.25) is 0 Å². The Morgan fingerprint density at radius 3 is 2.53 bits per heavy atom. The van der Waals surface area contributed by atoms with Gasteiger partial charge in [0.25, 0.3) is 0 Å². The fraction of sp³-hybridized carbons (Fsp3) is 0.286. The van der Waals surface area contributed by atoms with Crippen LogP contribution in [0, 0.1) is 0 Å². The molecule has 0 radical (unpaired) electrons. The summed E-state index contributed by atoms with van der Waals surface area (Å²) in [5, 5.41) is 12.7.